The molecule has 0 aliphatic rings. The molecule has 1 aromatic heterocycles. The molecular formula is C10H6ClFN2O2. The van der Waals surface area contributed by atoms with Crippen LogP contribution in [0.4, 0.5) is 4.39 Å². The summed E-state index contributed by atoms with van der Waals surface area (Å²) in [5, 5.41) is 12.7. The van der Waals surface area contributed by atoms with E-state index in [4.69, 9.17) is 16.7 Å². The van der Waals surface area contributed by atoms with Gasteiger partial charge in [-0.05, 0) is 24.3 Å². The molecule has 0 aliphatic carbocycles. The summed E-state index contributed by atoms with van der Waals surface area (Å²) in [5.41, 5.74) is 0.262. The average Bonchev–Trinajstić information content (AvgIpc) is 2.64. The van der Waals surface area contributed by atoms with Crippen molar-refractivity contribution in [3.05, 3.63) is 47.0 Å². The van der Waals surface area contributed by atoms with Gasteiger partial charge in [-0.2, -0.15) is 5.10 Å². The molecule has 1 aromatic carbocycles. The minimum Gasteiger partial charge on any atom is -0.476 e. The van der Waals surface area contributed by atoms with Gasteiger partial charge in [0.15, 0.2) is 5.69 Å². The van der Waals surface area contributed by atoms with Crippen LogP contribution < -0.4 is 0 Å². The maximum absolute atomic E-state index is 13.0. The molecule has 2 rings (SSSR count). The Morgan fingerprint density at radius 2 is 2.19 bits per heavy atom. The average molecular weight is 241 g/mol. The third-order valence-corrected chi connectivity index (χ3v) is 2.14. The summed E-state index contributed by atoms with van der Waals surface area (Å²) in [6, 6.07) is 5.18. The maximum Gasteiger partial charge on any atom is 0.356 e. The Balaban J connectivity index is 2.46. The fourth-order valence-electron chi connectivity index (χ4n) is 1.25. The Hall–Kier alpha value is -1.88. The van der Waals surface area contributed by atoms with Crippen LogP contribution in [0.3, 0.4) is 0 Å². The lowest BCUT2D eigenvalue weighted by atomic mass is 10.3. The number of rotatable bonds is 2. The summed E-state index contributed by atoms with van der Waals surface area (Å²) in [7, 11) is 0. The zero-order valence-corrected chi connectivity index (χ0v) is 8.65. The molecule has 0 spiro atoms. The summed E-state index contributed by atoms with van der Waals surface area (Å²) < 4.78 is 14.3. The van der Waals surface area contributed by atoms with Crippen molar-refractivity contribution in [2.24, 2.45) is 0 Å². The standard InChI is InChI=1S/C10H6ClFN2O2/c11-6-3-7(12)5-8(4-6)14-2-1-9(13-14)10(15)16/h1-5H,(H,15,16). The third kappa shape index (κ3) is 2.04. The number of carbonyl (C=O) groups is 1. The minimum atomic E-state index is -1.14. The van der Waals surface area contributed by atoms with E-state index >= 15 is 0 Å². The van der Waals surface area contributed by atoms with Crippen LogP contribution in [0.5, 0.6) is 0 Å². The Kier molecular flexibility index (Phi) is 2.62. The number of benzene rings is 1. The molecule has 6 heteroatoms. The zero-order valence-electron chi connectivity index (χ0n) is 7.89. The Morgan fingerprint density at radius 1 is 1.44 bits per heavy atom. The van der Waals surface area contributed by atoms with Gasteiger partial charge in [-0.15, -0.1) is 0 Å². The number of hydrogen-bond acceptors (Lipinski definition) is 2. The van der Waals surface area contributed by atoms with Gasteiger partial charge in [-0.1, -0.05) is 11.6 Å². The molecule has 0 radical (unpaired) electrons. The van der Waals surface area contributed by atoms with Crippen LogP contribution in [-0.2, 0) is 0 Å². The van der Waals surface area contributed by atoms with E-state index in [-0.39, 0.29) is 10.7 Å². The number of nitrogens with zero attached hydrogens (tertiary/aromatic N) is 2. The van der Waals surface area contributed by atoms with Crippen molar-refractivity contribution in [2.45, 2.75) is 0 Å². The van der Waals surface area contributed by atoms with Crippen molar-refractivity contribution in [2.75, 3.05) is 0 Å². The van der Waals surface area contributed by atoms with E-state index < -0.39 is 11.8 Å². The third-order valence-electron chi connectivity index (χ3n) is 1.92. The topological polar surface area (TPSA) is 55.1 Å². The number of aromatic carboxylic acids is 1. The lowest BCUT2D eigenvalue weighted by Crippen LogP contribution is -2.01. The van der Waals surface area contributed by atoms with Crippen molar-refractivity contribution in [3.63, 3.8) is 0 Å². The van der Waals surface area contributed by atoms with Gasteiger partial charge in [0.2, 0.25) is 0 Å². The van der Waals surface area contributed by atoms with Crippen LogP contribution in [0.15, 0.2) is 30.5 Å². The molecule has 0 bridgehead atoms. The largest absolute Gasteiger partial charge is 0.476 e. The van der Waals surface area contributed by atoms with Gasteiger partial charge in [0.05, 0.1) is 5.69 Å². The van der Waals surface area contributed by atoms with E-state index in [1.54, 1.807) is 0 Å². The van der Waals surface area contributed by atoms with E-state index in [0.717, 1.165) is 6.07 Å². The summed E-state index contributed by atoms with van der Waals surface area (Å²) in [6.07, 6.45) is 1.43. The van der Waals surface area contributed by atoms with Gasteiger partial charge < -0.3 is 5.11 Å². The quantitative estimate of drug-likeness (QED) is 0.877. The van der Waals surface area contributed by atoms with Gasteiger partial charge in [0.25, 0.3) is 0 Å². The molecule has 0 fully saturated rings. The van der Waals surface area contributed by atoms with Crippen LogP contribution >= 0.6 is 11.6 Å². The first-order valence-corrected chi connectivity index (χ1v) is 4.69. The zero-order chi connectivity index (χ0) is 11.7. The highest BCUT2D eigenvalue weighted by atomic mass is 35.5. The molecule has 0 saturated heterocycles. The molecule has 16 heavy (non-hydrogen) atoms. The smallest absolute Gasteiger partial charge is 0.356 e. The molecule has 0 unspecified atom stereocenters. The van der Waals surface area contributed by atoms with Gasteiger partial charge in [-0.25, -0.2) is 13.9 Å². The Labute approximate surface area is 94.9 Å². The van der Waals surface area contributed by atoms with Crippen LogP contribution in [0.2, 0.25) is 5.02 Å². The van der Waals surface area contributed by atoms with Gasteiger partial charge in [0.1, 0.15) is 5.82 Å². The fraction of sp³-hybridized carbons (Fsp3) is 0. The number of carboxylic acid groups (broad SMARTS) is 1. The van der Waals surface area contributed by atoms with Crippen molar-refractivity contribution in [3.8, 4) is 5.69 Å². The summed E-state index contributed by atoms with van der Waals surface area (Å²) in [4.78, 5) is 10.6. The number of hydrogen-bond donors (Lipinski definition) is 1. The first-order chi connectivity index (χ1) is 7.56. The molecule has 0 aliphatic heterocycles. The molecule has 0 atom stereocenters. The Bertz CT molecular complexity index is 533. The first-order valence-electron chi connectivity index (χ1n) is 4.32. The van der Waals surface area contributed by atoms with Gasteiger partial charge in [-0.3, -0.25) is 0 Å². The number of halogens is 2. The van der Waals surface area contributed by atoms with E-state index in [0.29, 0.717) is 5.69 Å². The predicted octanol–water partition coefficient (Wildman–Crippen LogP) is 2.36. The molecular weight excluding hydrogens is 235 g/mol. The van der Waals surface area contributed by atoms with Crippen LogP contribution in [0, 0.1) is 5.82 Å². The van der Waals surface area contributed by atoms with Gasteiger partial charge in [0, 0.05) is 11.2 Å². The summed E-state index contributed by atoms with van der Waals surface area (Å²) in [5.74, 6) is -1.64. The highest BCUT2D eigenvalue weighted by Crippen LogP contribution is 2.17. The lowest BCUT2D eigenvalue weighted by molar-refractivity contribution is 0.0690. The van der Waals surface area contributed by atoms with E-state index in [2.05, 4.69) is 5.10 Å². The second kappa shape index (κ2) is 3.94. The fourth-order valence-corrected chi connectivity index (χ4v) is 1.47. The van der Waals surface area contributed by atoms with Crippen LogP contribution in [0.25, 0.3) is 5.69 Å². The second-order valence-corrected chi connectivity index (χ2v) is 3.51. The van der Waals surface area contributed by atoms with E-state index in [9.17, 15) is 9.18 Å². The lowest BCUT2D eigenvalue weighted by Gasteiger charge is -2.01. The minimum absolute atomic E-state index is 0.111. The molecule has 82 valence electrons. The van der Waals surface area contributed by atoms with Crippen molar-refractivity contribution in [1.82, 2.24) is 9.78 Å². The van der Waals surface area contributed by atoms with Crippen molar-refractivity contribution >= 4 is 17.6 Å². The Morgan fingerprint density at radius 3 is 2.75 bits per heavy atom. The molecule has 4 nitrogen and oxygen atoms in total. The van der Waals surface area contributed by atoms with E-state index in [1.807, 2.05) is 0 Å². The molecule has 0 amide bonds. The van der Waals surface area contributed by atoms with Crippen LogP contribution in [-0.4, -0.2) is 20.9 Å². The normalized spacial score (nSPS) is 10.4. The highest BCUT2D eigenvalue weighted by molar-refractivity contribution is 6.30. The monoisotopic (exact) mass is 240 g/mol. The number of carboxylic acids is 1. The molecule has 1 N–H and O–H groups in total. The number of aromatic nitrogens is 2. The van der Waals surface area contributed by atoms with E-state index in [1.165, 1.54) is 29.1 Å². The highest BCUT2D eigenvalue weighted by Gasteiger charge is 2.08. The SMILES string of the molecule is O=C(O)c1ccn(-c2cc(F)cc(Cl)c2)n1. The maximum atomic E-state index is 13.0. The summed E-state index contributed by atoms with van der Waals surface area (Å²) >= 11 is 5.67. The summed E-state index contributed by atoms with van der Waals surface area (Å²) in [6.45, 7) is 0. The van der Waals surface area contributed by atoms with Crippen LogP contribution in [0.1, 0.15) is 10.5 Å². The molecule has 0 saturated carbocycles. The first kappa shape index (κ1) is 10.6. The predicted molar refractivity (Wildman–Crippen MR) is 55.5 cm³/mol. The second-order valence-electron chi connectivity index (χ2n) is 3.08. The molecule has 2 aromatic rings. The van der Waals surface area contributed by atoms with Crippen molar-refractivity contribution < 1.29 is 14.3 Å². The van der Waals surface area contributed by atoms with Gasteiger partial charge >= 0.3 is 5.97 Å². The van der Waals surface area contributed by atoms with Crippen molar-refractivity contribution in [1.29, 1.82) is 0 Å². The molecule has 1 heterocycles.